The molecule has 0 radical (unpaired) electrons. The average molecular weight is 609 g/mol. The Bertz CT molecular complexity index is 1300. The van der Waals surface area contributed by atoms with E-state index in [0.717, 1.165) is 35.1 Å². The third-order valence-electron chi connectivity index (χ3n) is 7.68. The van der Waals surface area contributed by atoms with Crippen LogP contribution in [0, 0.1) is 11.8 Å². The van der Waals surface area contributed by atoms with Gasteiger partial charge in [0.25, 0.3) is 0 Å². The number of esters is 1. The molecule has 7 heteroatoms. The molecule has 1 heterocycles. The molecule has 1 aliphatic heterocycles. The normalized spacial score (nSPS) is 27.5. The second-order valence-electron chi connectivity index (χ2n) is 9.52. The van der Waals surface area contributed by atoms with Crippen LogP contribution in [0.1, 0.15) is 52.4 Å². The van der Waals surface area contributed by atoms with Crippen molar-refractivity contribution in [2.45, 2.75) is 28.4 Å². The van der Waals surface area contributed by atoms with Gasteiger partial charge in [-0.15, -0.1) is 0 Å². The van der Waals surface area contributed by atoms with Crippen LogP contribution in [-0.4, -0.2) is 24.4 Å². The highest BCUT2D eigenvalue weighted by molar-refractivity contribution is 9.10. The fraction of sp³-hybridized carbons (Fsp3) is 0.276. The monoisotopic (exact) mass is 607 g/mol. The van der Waals surface area contributed by atoms with Crippen molar-refractivity contribution in [1.82, 2.24) is 0 Å². The predicted molar refractivity (Wildman–Crippen MR) is 143 cm³/mol. The van der Waals surface area contributed by atoms with Gasteiger partial charge in [0.15, 0.2) is 0 Å². The van der Waals surface area contributed by atoms with E-state index in [1.165, 1.54) is 4.90 Å². The fourth-order valence-corrected chi connectivity index (χ4v) is 8.36. The SMILES string of the molecule is CCCCOC(=O)c1ccc(N2C(=O)[C@@H]3[C@H](C2=O)C2(Br)c4ccccc4C3(Br)c3ccccc32)cc1. The number of hydrogen-bond donors (Lipinski definition) is 0. The largest absolute Gasteiger partial charge is 0.462 e. The maximum atomic E-state index is 14.1. The van der Waals surface area contributed by atoms with Crippen LogP contribution in [0.5, 0.6) is 0 Å². The lowest BCUT2D eigenvalue weighted by atomic mass is 9.54. The third kappa shape index (κ3) is 2.96. The molecule has 0 N–H and O–H groups in total. The Kier molecular flexibility index (Phi) is 5.50. The van der Waals surface area contributed by atoms with Crippen molar-refractivity contribution in [2.24, 2.45) is 11.8 Å². The van der Waals surface area contributed by atoms with Gasteiger partial charge in [0.1, 0.15) is 0 Å². The maximum absolute atomic E-state index is 14.1. The fourth-order valence-electron chi connectivity index (χ4n) is 6.06. The molecule has 4 aliphatic rings. The van der Waals surface area contributed by atoms with Crippen molar-refractivity contribution in [3.63, 3.8) is 0 Å². The predicted octanol–water partition coefficient (Wildman–Crippen LogP) is 6.05. The Hall–Kier alpha value is -2.77. The van der Waals surface area contributed by atoms with Gasteiger partial charge in [-0.05, 0) is 52.9 Å². The van der Waals surface area contributed by atoms with E-state index in [2.05, 4.69) is 31.9 Å². The van der Waals surface area contributed by atoms with Crippen molar-refractivity contribution < 1.29 is 19.1 Å². The van der Waals surface area contributed by atoms with Gasteiger partial charge in [0, 0.05) is 0 Å². The standard InChI is InChI=1S/C29H23Br2NO4/c1-2-3-16-36-27(35)17-12-14-18(15-13-17)32-25(33)23-24(26(32)34)29(31)20-9-5-4-8-19(20)28(23,30)21-10-6-7-11-22(21)29/h4-15,23-24H,2-3,16H2,1H3/t23-,24+,28?,29?. The number of carbonyl (C=O) groups is 3. The zero-order valence-electron chi connectivity index (χ0n) is 19.5. The highest BCUT2D eigenvalue weighted by Crippen LogP contribution is 2.70. The molecule has 3 aromatic carbocycles. The summed E-state index contributed by atoms with van der Waals surface area (Å²) < 4.78 is 3.63. The third-order valence-corrected chi connectivity index (χ3v) is 10.4. The van der Waals surface area contributed by atoms with E-state index in [4.69, 9.17) is 4.74 Å². The van der Waals surface area contributed by atoms with Crippen LogP contribution in [0.25, 0.3) is 0 Å². The molecule has 0 unspecified atom stereocenters. The van der Waals surface area contributed by atoms with Crippen molar-refractivity contribution in [3.05, 3.63) is 101 Å². The molecular formula is C29H23Br2NO4. The molecule has 1 fully saturated rings. The molecule has 1 saturated heterocycles. The number of halogens is 2. The van der Waals surface area contributed by atoms with Crippen molar-refractivity contribution in [2.75, 3.05) is 11.5 Å². The molecule has 36 heavy (non-hydrogen) atoms. The number of amides is 2. The van der Waals surface area contributed by atoms with Gasteiger partial charge in [-0.1, -0.05) is 93.7 Å². The lowest BCUT2D eigenvalue weighted by Crippen LogP contribution is -2.56. The lowest BCUT2D eigenvalue weighted by molar-refractivity contribution is -0.122. The molecule has 0 aromatic heterocycles. The number of ether oxygens (including phenoxy) is 1. The van der Waals surface area contributed by atoms with Gasteiger partial charge in [-0.3, -0.25) is 9.59 Å². The minimum absolute atomic E-state index is 0.257. The van der Waals surface area contributed by atoms with Crippen LogP contribution in [0.4, 0.5) is 5.69 Å². The first-order chi connectivity index (χ1) is 17.3. The van der Waals surface area contributed by atoms with Crippen LogP contribution in [0.2, 0.25) is 0 Å². The molecule has 3 aliphatic carbocycles. The summed E-state index contributed by atoms with van der Waals surface area (Å²) in [6, 6.07) is 22.5. The first kappa shape index (κ1) is 23.6. The number of anilines is 1. The van der Waals surface area contributed by atoms with Crippen molar-refractivity contribution >= 4 is 55.3 Å². The summed E-state index contributed by atoms with van der Waals surface area (Å²) in [6.45, 7) is 2.40. The number of carbonyl (C=O) groups excluding carboxylic acids is 3. The summed E-state index contributed by atoms with van der Waals surface area (Å²) in [5.74, 6) is -2.19. The maximum Gasteiger partial charge on any atom is 0.338 e. The zero-order valence-corrected chi connectivity index (χ0v) is 22.7. The van der Waals surface area contributed by atoms with Crippen LogP contribution in [-0.2, 0) is 23.0 Å². The second kappa shape index (κ2) is 8.38. The number of imide groups is 1. The van der Waals surface area contributed by atoms with Gasteiger partial charge in [0.2, 0.25) is 11.8 Å². The molecule has 3 aromatic rings. The molecule has 2 amide bonds. The van der Waals surface area contributed by atoms with E-state index in [-0.39, 0.29) is 11.8 Å². The summed E-state index contributed by atoms with van der Waals surface area (Å²) >= 11 is 8.02. The van der Waals surface area contributed by atoms with E-state index in [0.29, 0.717) is 17.9 Å². The van der Waals surface area contributed by atoms with Crippen molar-refractivity contribution in [3.8, 4) is 0 Å². The molecule has 7 rings (SSSR count). The van der Waals surface area contributed by atoms with E-state index >= 15 is 0 Å². The number of rotatable bonds is 5. The molecule has 2 atom stereocenters. The number of nitrogens with zero attached hydrogens (tertiary/aromatic N) is 1. The molecule has 182 valence electrons. The van der Waals surface area contributed by atoms with Crippen LogP contribution in [0.3, 0.4) is 0 Å². The first-order valence-electron chi connectivity index (χ1n) is 12.1. The highest BCUT2D eigenvalue weighted by Gasteiger charge is 2.72. The Morgan fingerprint density at radius 2 is 1.25 bits per heavy atom. The average Bonchev–Trinajstić information content (AvgIpc) is 3.18. The Labute approximate surface area is 226 Å². The van der Waals surface area contributed by atoms with E-state index in [1.807, 2.05) is 55.5 Å². The Morgan fingerprint density at radius 3 is 1.67 bits per heavy atom. The summed E-state index contributed by atoms with van der Waals surface area (Å²) in [5, 5.41) is 0. The van der Waals surface area contributed by atoms with E-state index in [1.54, 1.807) is 24.3 Å². The number of alkyl halides is 2. The van der Waals surface area contributed by atoms with Gasteiger partial charge in [-0.2, -0.15) is 0 Å². The highest BCUT2D eigenvalue weighted by atomic mass is 79.9. The quantitative estimate of drug-likeness (QED) is 0.153. The molecule has 2 bridgehead atoms. The van der Waals surface area contributed by atoms with Gasteiger partial charge >= 0.3 is 5.97 Å². The Balaban J connectivity index is 1.43. The van der Waals surface area contributed by atoms with E-state index in [9.17, 15) is 14.4 Å². The van der Waals surface area contributed by atoms with Gasteiger partial charge in [0.05, 0.1) is 38.3 Å². The minimum atomic E-state index is -0.828. The van der Waals surface area contributed by atoms with Crippen LogP contribution < -0.4 is 4.90 Å². The summed E-state index contributed by atoms with van der Waals surface area (Å²) in [5.41, 5.74) is 4.82. The van der Waals surface area contributed by atoms with Gasteiger partial charge in [-0.25, -0.2) is 9.69 Å². The smallest absolute Gasteiger partial charge is 0.338 e. The summed E-state index contributed by atoms with van der Waals surface area (Å²) in [4.78, 5) is 41.7. The van der Waals surface area contributed by atoms with Crippen molar-refractivity contribution in [1.29, 1.82) is 0 Å². The number of benzene rings is 3. The van der Waals surface area contributed by atoms with E-state index < -0.39 is 26.5 Å². The molecule has 0 spiro atoms. The minimum Gasteiger partial charge on any atom is -0.462 e. The van der Waals surface area contributed by atoms with Crippen LogP contribution >= 0.6 is 31.9 Å². The molecule has 5 nitrogen and oxygen atoms in total. The summed E-state index contributed by atoms with van der Waals surface area (Å²) in [6.07, 6.45) is 1.74. The topological polar surface area (TPSA) is 63.7 Å². The lowest BCUT2D eigenvalue weighted by Gasteiger charge is -2.55. The number of hydrogen-bond acceptors (Lipinski definition) is 4. The molecular weight excluding hydrogens is 586 g/mol. The first-order valence-corrected chi connectivity index (χ1v) is 13.7. The zero-order chi connectivity index (χ0) is 25.2. The Morgan fingerprint density at radius 1 is 0.806 bits per heavy atom. The number of unbranched alkanes of at least 4 members (excludes halogenated alkanes) is 1. The summed E-state index contributed by atoms with van der Waals surface area (Å²) in [7, 11) is 0. The second-order valence-corrected chi connectivity index (χ2v) is 12.0. The molecule has 0 saturated carbocycles. The van der Waals surface area contributed by atoms with Crippen LogP contribution in [0.15, 0.2) is 72.8 Å². The van der Waals surface area contributed by atoms with Gasteiger partial charge < -0.3 is 4.74 Å².